The highest BCUT2D eigenvalue weighted by molar-refractivity contribution is 5.83. The molecule has 0 saturated heterocycles. The smallest absolute Gasteiger partial charge is 0.260 e. The molecule has 0 unspecified atom stereocenters. The molecule has 0 aliphatic heterocycles. The minimum absolute atomic E-state index is 0.306. The number of pyridine rings is 1. The van der Waals surface area contributed by atoms with E-state index < -0.39 is 5.82 Å². The monoisotopic (exact) mass is 472 g/mol. The minimum Gasteiger partial charge on any atom is -0.493 e. The van der Waals surface area contributed by atoms with Crippen LogP contribution in [0.25, 0.3) is 33.8 Å². The first kappa shape index (κ1) is 23.0. The molecule has 1 aliphatic carbocycles. The van der Waals surface area contributed by atoms with Crippen LogP contribution in [0, 0.1) is 5.82 Å². The van der Waals surface area contributed by atoms with Gasteiger partial charge < -0.3 is 9.72 Å². The van der Waals surface area contributed by atoms with Gasteiger partial charge in [-0.15, -0.1) is 0 Å². The average Bonchev–Trinajstić information content (AvgIpc) is 3.58. The van der Waals surface area contributed by atoms with Crippen molar-refractivity contribution in [1.82, 2.24) is 20.2 Å². The lowest BCUT2D eigenvalue weighted by Gasteiger charge is -2.13. The summed E-state index contributed by atoms with van der Waals surface area (Å²) >= 11 is 0. The van der Waals surface area contributed by atoms with Crippen LogP contribution in [-0.4, -0.2) is 26.8 Å². The number of ether oxygens (including phenoxy) is 1. The molecule has 0 atom stereocenters. The fourth-order valence-electron chi connectivity index (χ4n) is 4.37. The largest absolute Gasteiger partial charge is 0.493 e. The molecule has 2 N–H and O–H groups in total. The Morgan fingerprint density at radius 1 is 1.03 bits per heavy atom. The molecule has 1 saturated carbocycles. The number of H-pyrrole nitrogens is 2. The lowest BCUT2D eigenvalue weighted by Crippen LogP contribution is -2.13. The van der Waals surface area contributed by atoms with Crippen molar-refractivity contribution in [2.24, 2.45) is 0 Å². The van der Waals surface area contributed by atoms with Crippen molar-refractivity contribution >= 4 is 0 Å². The molecule has 0 radical (unpaired) electrons. The van der Waals surface area contributed by atoms with Crippen LogP contribution >= 0.6 is 0 Å². The highest BCUT2D eigenvalue weighted by Crippen LogP contribution is 2.41. The van der Waals surface area contributed by atoms with Crippen LogP contribution in [0.3, 0.4) is 0 Å². The molecule has 5 rings (SSSR count). The number of nitrogens with one attached hydrogen (secondary N) is 2. The van der Waals surface area contributed by atoms with Gasteiger partial charge in [0.2, 0.25) is 0 Å². The van der Waals surface area contributed by atoms with Gasteiger partial charge in [0.25, 0.3) is 5.56 Å². The molecule has 1 aliphatic rings. The fraction of sp³-hybridized carbons (Fsp3) is 0.321. The first-order valence-corrected chi connectivity index (χ1v) is 12.3. The maximum atomic E-state index is 15.1. The predicted octanol–water partition coefficient (Wildman–Crippen LogP) is 6.47. The number of nitrogens with zero attached hydrogens (tertiary/aromatic N) is 2. The van der Waals surface area contributed by atoms with E-state index in [1.165, 1.54) is 37.2 Å². The van der Waals surface area contributed by atoms with Gasteiger partial charge in [-0.05, 0) is 54.5 Å². The zero-order valence-corrected chi connectivity index (χ0v) is 19.8. The van der Waals surface area contributed by atoms with Crippen LogP contribution in [0.15, 0.2) is 59.7 Å². The van der Waals surface area contributed by atoms with E-state index in [9.17, 15) is 4.79 Å². The third-order valence-corrected chi connectivity index (χ3v) is 6.45. The fourth-order valence-corrected chi connectivity index (χ4v) is 4.37. The van der Waals surface area contributed by atoms with E-state index >= 15 is 4.39 Å². The first-order chi connectivity index (χ1) is 17.1. The second kappa shape index (κ2) is 10.3. The van der Waals surface area contributed by atoms with Crippen molar-refractivity contribution in [3.05, 3.63) is 76.6 Å². The third-order valence-electron chi connectivity index (χ3n) is 6.45. The first-order valence-electron chi connectivity index (χ1n) is 12.3. The Morgan fingerprint density at radius 3 is 2.54 bits per heavy atom. The van der Waals surface area contributed by atoms with Gasteiger partial charge in [0.05, 0.1) is 17.9 Å². The summed E-state index contributed by atoms with van der Waals surface area (Å²) in [5.41, 5.74) is 3.54. The summed E-state index contributed by atoms with van der Waals surface area (Å²) in [6, 6.07) is 14.8. The normalized spacial score (nSPS) is 13.2. The quantitative estimate of drug-likeness (QED) is 0.259. The highest BCUT2D eigenvalue weighted by Gasteiger charge is 2.24. The number of halogens is 1. The second-order valence-electron chi connectivity index (χ2n) is 9.08. The van der Waals surface area contributed by atoms with Crippen LogP contribution < -0.4 is 10.3 Å². The van der Waals surface area contributed by atoms with Gasteiger partial charge >= 0.3 is 0 Å². The van der Waals surface area contributed by atoms with Crippen LogP contribution in [0.1, 0.15) is 56.9 Å². The van der Waals surface area contributed by atoms with Gasteiger partial charge in [-0.3, -0.25) is 9.89 Å². The summed E-state index contributed by atoms with van der Waals surface area (Å²) < 4.78 is 20.8. The number of hydrogen-bond acceptors (Lipinski definition) is 4. The summed E-state index contributed by atoms with van der Waals surface area (Å²) in [6.45, 7) is 2.72. The molecule has 7 heteroatoms. The standard InChI is InChI=1S/C28H29FN4O2/c1-2-3-4-5-14-35-21-12-13-22(24(29)15-21)25-16-23(20-10-8-19(9-11-20)18-6-7-18)26(28(34)32-25)27-30-17-31-33-27/h8-13,15-18H,2-7,14H2,1H3,(H,32,34)(H,30,31,33). The molecule has 2 aromatic heterocycles. The van der Waals surface area contributed by atoms with Gasteiger partial charge in [0.15, 0.2) is 5.82 Å². The van der Waals surface area contributed by atoms with Gasteiger partial charge in [-0.2, -0.15) is 5.10 Å². The van der Waals surface area contributed by atoms with E-state index in [0.717, 1.165) is 24.8 Å². The number of unbranched alkanes of at least 4 members (excludes halogenated alkanes) is 3. The zero-order valence-electron chi connectivity index (χ0n) is 19.8. The minimum atomic E-state index is -0.450. The number of rotatable bonds is 10. The van der Waals surface area contributed by atoms with Crippen LogP contribution in [0.2, 0.25) is 0 Å². The average molecular weight is 473 g/mol. The topological polar surface area (TPSA) is 83.7 Å². The molecule has 0 bridgehead atoms. The molecule has 2 aromatic carbocycles. The molecule has 0 amide bonds. The third kappa shape index (κ3) is 5.19. The summed E-state index contributed by atoms with van der Waals surface area (Å²) in [6.07, 6.45) is 8.16. The van der Waals surface area contributed by atoms with E-state index in [4.69, 9.17) is 4.74 Å². The van der Waals surface area contributed by atoms with Gasteiger partial charge in [-0.25, -0.2) is 9.37 Å². The number of hydrogen-bond donors (Lipinski definition) is 2. The van der Waals surface area contributed by atoms with Crippen molar-refractivity contribution in [1.29, 1.82) is 0 Å². The highest BCUT2D eigenvalue weighted by atomic mass is 19.1. The van der Waals surface area contributed by atoms with E-state index in [1.54, 1.807) is 18.2 Å². The number of benzene rings is 2. The van der Waals surface area contributed by atoms with E-state index in [-0.39, 0.29) is 5.56 Å². The molecular formula is C28H29FN4O2. The summed E-state index contributed by atoms with van der Waals surface area (Å²) in [5.74, 6) is 1.04. The Balaban J connectivity index is 1.49. The van der Waals surface area contributed by atoms with Crippen LogP contribution in [-0.2, 0) is 0 Å². The van der Waals surface area contributed by atoms with Crippen molar-refractivity contribution in [3.8, 4) is 39.5 Å². The number of aromatic nitrogens is 4. The Hall–Kier alpha value is -3.74. The summed E-state index contributed by atoms with van der Waals surface area (Å²) in [5, 5.41) is 6.69. The Kier molecular flexibility index (Phi) is 6.75. The van der Waals surface area contributed by atoms with E-state index in [2.05, 4.69) is 39.2 Å². The van der Waals surface area contributed by atoms with Crippen LogP contribution in [0.4, 0.5) is 4.39 Å². The zero-order chi connectivity index (χ0) is 24.2. The molecule has 6 nitrogen and oxygen atoms in total. The second-order valence-corrected chi connectivity index (χ2v) is 9.08. The molecule has 35 heavy (non-hydrogen) atoms. The molecule has 180 valence electrons. The van der Waals surface area contributed by atoms with Crippen molar-refractivity contribution in [2.45, 2.75) is 51.4 Å². The summed E-state index contributed by atoms with van der Waals surface area (Å²) in [7, 11) is 0. The maximum absolute atomic E-state index is 15.1. The van der Waals surface area contributed by atoms with Gasteiger partial charge in [0, 0.05) is 17.2 Å². The molecule has 0 spiro atoms. The van der Waals surface area contributed by atoms with Gasteiger partial charge in [-0.1, -0.05) is 50.5 Å². The van der Waals surface area contributed by atoms with E-state index in [0.29, 0.717) is 46.5 Å². The van der Waals surface area contributed by atoms with E-state index in [1.807, 2.05) is 12.1 Å². The lowest BCUT2D eigenvalue weighted by atomic mass is 9.96. The Labute approximate surface area is 203 Å². The maximum Gasteiger partial charge on any atom is 0.260 e. The van der Waals surface area contributed by atoms with Crippen molar-refractivity contribution < 1.29 is 9.13 Å². The predicted molar refractivity (Wildman–Crippen MR) is 135 cm³/mol. The Morgan fingerprint density at radius 2 is 1.86 bits per heavy atom. The number of aromatic amines is 2. The molecule has 1 fully saturated rings. The Bertz CT molecular complexity index is 1340. The molecule has 4 aromatic rings. The molecular weight excluding hydrogens is 443 g/mol. The lowest BCUT2D eigenvalue weighted by molar-refractivity contribution is 0.303. The van der Waals surface area contributed by atoms with Crippen molar-refractivity contribution in [2.75, 3.05) is 6.61 Å². The van der Waals surface area contributed by atoms with Crippen molar-refractivity contribution in [3.63, 3.8) is 0 Å². The molecule has 2 heterocycles. The SMILES string of the molecule is CCCCCCOc1ccc(-c2cc(-c3ccc(C4CC4)cc3)c(-c3ncn[nH]3)c(=O)[nH]2)c(F)c1. The summed E-state index contributed by atoms with van der Waals surface area (Å²) in [4.78, 5) is 20.2. The van der Waals surface area contributed by atoms with Gasteiger partial charge in [0.1, 0.15) is 17.9 Å². The van der Waals surface area contributed by atoms with Crippen LogP contribution in [0.5, 0.6) is 5.75 Å².